The molecule has 3 heteroatoms. The van der Waals surface area contributed by atoms with E-state index in [1.807, 2.05) is 19.1 Å². The zero-order valence-electron chi connectivity index (χ0n) is 8.64. The van der Waals surface area contributed by atoms with Crippen LogP contribution in [-0.2, 0) is 0 Å². The highest BCUT2D eigenvalue weighted by Gasteiger charge is 1.81. The lowest BCUT2D eigenvalue weighted by Gasteiger charge is -2.00. The first-order valence-corrected chi connectivity index (χ1v) is 4.77. The van der Waals surface area contributed by atoms with Crippen molar-refractivity contribution in [3.8, 4) is 0 Å². The van der Waals surface area contributed by atoms with Crippen LogP contribution in [0.3, 0.4) is 0 Å². The molecule has 0 saturated carbocycles. The van der Waals surface area contributed by atoms with Crippen molar-refractivity contribution in [2.24, 2.45) is 5.73 Å². The zero-order valence-corrected chi connectivity index (χ0v) is 8.64. The van der Waals surface area contributed by atoms with E-state index in [1.54, 1.807) is 0 Å². The first-order chi connectivity index (χ1) is 6.27. The van der Waals surface area contributed by atoms with E-state index in [0.29, 0.717) is 0 Å². The smallest absolute Gasteiger partial charge is 0.0138 e. The minimum atomic E-state index is 0.837. The van der Waals surface area contributed by atoms with Crippen LogP contribution < -0.4 is 16.4 Å². The second kappa shape index (κ2) is 9.29. The summed E-state index contributed by atoms with van der Waals surface area (Å²) in [7, 11) is 0. The Morgan fingerprint density at radius 1 is 1.31 bits per heavy atom. The molecule has 0 aromatic carbocycles. The van der Waals surface area contributed by atoms with Gasteiger partial charge < -0.3 is 16.4 Å². The highest BCUT2D eigenvalue weighted by molar-refractivity contribution is 5.07. The highest BCUT2D eigenvalue weighted by atomic mass is 14.9. The van der Waals surface area contributed by atoms with Gasteiger partial charge in [0.05, 0.1) is 0 Å². The maximum absolute atomic E-state index is 5.45. The van der Waals surface area contributed by atoms with Gasteiger partial charge in [-0.1, -0.05) is 19.1 Å². The van der Waals surface area contributed by atoms with Crippen LogP contribution in [0, 0.1) is 0 Å². The van der Waals surface area contributed by atoms with Gasteiger partial charge in [-0.25, -0.2) is 0 Å². The van der Waals surface area contributed by atoms with Gasteiger partial charge in [0.2, 0.25) is 0 Å². The van der Waals surface area contributed by atoms with Crippen LogP contribution in [0.25, 0.3) is 0 Å². The third-order valence-corrected chi connectivity index (χ3v) is 1.49. The molecule has 3 nitrogen and oxygen atoms in total. The lowest BCUT2D eigenvalue weighted by molar-refractivity contribution is 0.653. The van der Waals surface area contributed by atoms with Gasteiger partial charge in [-0.15, -0.1) is 0 Å². The number of nitrogens with two attached hydrogens (primary N) is 1. The van der Waals surface area contributed by atoms with E-state index in [0.717, 1.165) is 31.9 Å². The van der Waals surface area contributed by atoms with E-state index in [9.17, 15) is 0 Å². The van der Waals surface area contributed by atoms with Crippen LogP contribution in [0.2, 0.25) is 0 Å². The topological polar surface area (TPSA) is 50.1 Å². The lowest BCUT2D eigenvalue weighted by atomic mass is 10.4. The molecular formula is C10H21N3. The van der Waals surface area contributed by atoms with Crippen LogP contribution in [0.5, 0.6) is 0 Å². The number of allylic oxidation sites excluding steroid dienone is 3. The normalized spacial score (nSPS) is 12.6. The van der Waals surface area contributed by atoms with E-state index in [4.69, 9.17) is 5.73 Å². The lowest BCUT2D eigenvalue weighted by Crippen LogP contribution is -2.27. The Bertz CT molecular complexity index is 158. The molecule has 0 aliphatic carbocycles. The molecule has 0 radical (unpaired) electrons. The predicted octanol–water partition coefficient (Wildman–Crippen LogP) is 0.604. The van der Waals surface area contributed by atoms with Gasteiger partial charge in [0.1, 0.15) is 0 Å². The Labute approximate surface area is 81.1 Å². The van der Waals surface area contributed by atoms with Gasteiger partial charge in [-0.2, -0.15) is 0 Å². The quantitative estimate of drug-likeness (QED) is 0.400. The molecule has 0 rings (SSSR count). The number of likely N-dealkylation sites (N-methyl/N-ethyl adjacent to an activating group) is 1. The third kappa shape index (κ3) is 11.2. The molecule has 4 N–H and O–H groups in total. The van der Waals surface area contributed by atoms with E-state index in [-0.39, 0.29) is 0 Å². The van der Waals surface area contributed by atoms with Crippen LogP contribution >= 0.6 is 0 Å². The number of hydrogen-bond acceptors (Lipinski definition) is 3. The fourth-order valence-corrected chi connectivity index (χ4v) is 0.827. The molecule has 0 aliphatic rings. The zero-order chi connectivity index (χ0) is 9.94. The average molecular weight is 183 g/mol. The van der Waals surface area contributed by atoms with Crippen molar-refractivity contribution in [2.75, 3.05) is 26.2 Å². The molecule has 0 spiro atoms. The summed E-state index contributed by atoms with van der Waals surface area (Å²) in [6.45, 7) is 7.94. The van der Waals surface area contributed by atoms with Gasteiger partial charge in [0, 0.05) is 25.3 Å². The Kier molecular flexibility index (Phi) is 8.72. The average Bonchev–Trinajstić information content (AvgIpc) is 2.09. The minimum absolute atomic E-state index is 0.837. The second-order valence-corrected chi connectivity index (χ2v) is 2.90. The first-order valence-electron chi connectivity index (χ1n) is 4.77. The highest BCUT2D eigenvalue weighted by Crippen LogP contribution is 1.80. The van der Waals surface area contributed by atoms with Crippen molar-refractivity contribution in [1.82, 2.24) is 10.6 Å². The van der Waals surface area contributed by atoms with E-state index < -0.39 is 0 Å². The van der Waals surface area contributed by atoms with Crippen molar-refractivity contribution < 1.29 is 0 Å². The maximum atomic E-state index is 5.45. The molecule has 13 heavy (non-hydrogen) atoms. The van der Waals surface area contributed by atoms with E-state index in [2.05, 4.69) is 23.6 Å². The van der Waals surface area contributed by atoms with Gasteiger partial charge >= 0.3 is 0 Å². The molecule has 0 unspecified atom stereocenters. The SMILES string of the molecule is CCNCCNC/C=C/C=C(/C)N. The number of rotatable bonds is 7. The number of nitrogens with one attached hydrogen (secondary N) is 2. The molecule has 0 heterocycles. The molecule has 0 saturated heterocycles. The van der Waals surface area contributed by atoms with Crippen LogP contribution in [0.4, 0.5) is 0 Å². The van der Waals surface area contributed by atoms with Crippen molar-refractivity contribution in [2.45, 2.75) is 13.8 Å². The van der Waals surface area contributed by atoms with Crippen LogP contribution in [0.1, 0.15) is 13.8 Å². The van der Waals surface area contributed by atoms with Crippen LogP contribution in [0.15, 0.2) is 23.9 Å². The molecular weight excluding hydrogens is 162 g/mol. The van der Waals surface area contributed by atoms with Gasteiger partial charge in [-0.05, 0) is 19.5 Å². The molecule has 0 fully saturated rings. The Morgan fingerprint density at radius 2 is 2.00 bits per heavy atom. The minimum Gasteiger partial charge on any atom is -0.402 e. The van der Waals surface area contributed by atoms with E-state index in [1.165, 1.54) is 0 Å². The molecule has 76 valence electrons. The summed E-state index contributed by atoms with van der Waals surface area (Å²) < 4.78 is 0. The van der Waals surface area contributed by atoms with E-state index >= 15 is 0 Å². The van der Waals surface area contributed by atoms with Crippen molar-refractivity contribution in [3.05, 3.63) is 23.9 Å². The van der Waals surface area contributed by atoms with Gasteiger partial charge in [-0.3, -0.25) is 0 Å². The standard InChI is InChI=1S/C10H21N3/c1-3-12-8-9-13-7-5-4-6-10(2)11/h4-6,12-13H,3,7-9,11H2,1-2H3/b5-4+,10-6-. The molecule has 0 bridgehead atoms. The molecule has 0 atom stereocenters. The maximum Gasteiger partial charge on any atom is 0.0138 e. The van der Waals surface area contributed by atoms with Crippen molar-refractivity contribution >= 4 is 0 Å². The van der Waals surface area contributed by atoms with Crippen LogP contribution in [-0.4, -0.2) is 26.2 Å². The summed E-state index contributed by atoms with van der Waals surface area (Å²) >= 11 is 0. The summed E-state index contributed by atoms with van der Waals surface area (Å²) in [5.41, 5.74) is 6.29. The van der Waals surface area contributed by atoms with Gasteiger partial charge in [0.15, 0.2) is 0 Å². The largest absolute Gasteiger partial charge is 0.402 e. The Hall–Kier alpha value is -0.800. The number of hydrogen-bond donors (Lipinski definition) is 3. The molecule has 0 aliphatic heterocycles. The van der Waals surface area contributed by atoms with Crippen molar-refractivity contribution in [1.29, 1.82) is 0 Å². The Balaban J connectivity index is 3.16. The second-order valence-electron chi connectivity index (χ2n) is 2.90. The monoisotopic (exact) mass is 183 g/mol. The summed E-state index contributed by atoms with van der Waals surface area (Å²) in [6, 6.07) is 0. The van der Waals surface area contributed by atoms with Gasteiger partial charge in [0.25, 0.3) is 0 Å². The summed E-state index contributed by atoms with van der Waals surface area (Å²) in [6.07, 6.45) is 5.92. The third-order valence-electron chi connectivity index (χ3n) is 1.49. The summed E-state index contributed by atoms with van der Waals surface area (Å²) in [5.74, 6) is 0. The Morgan fingerprint density at radius 3 is 2.62 bits per heavy atom. The molecule has 0 aromatic rings. The first kappa shape index (κ1) is 12.2. The summed E-state index contributed by atoms with van der Waals surface area (Å²) in [4.78, 5) is 0. The fraction of sp³-hybridized carbons (Fsp3) is 0.600. The molecule has 0 amide bonds. The predicted molar refractivity (Wildman–Crippen MR) is 58.5 cm³/mol. The molecule has 0 aromatic heterocycles. The fourth-order valence-electron chi connectivity index (χ4n) is 0.827. The summed E-state index contributed by atoms with van der Waals surface area (Å²) in [5, 5.41) is 6.51. The van der Waals surface area contributed by atoms with Crippen molar-refractivity contribution in [3.63, 3.8) is 0 Å².